The number of unbranched alkanes of at least 4 members (excludes halogenated alkanes) is 6. The summed E-state index contributed by atoms with van der Waals surface area (Å²) in [4.78, 5) is 11.9. The number of aryl methyl sites for hydroxylation is 1. The van der Waals surface area contributed by atoms with Crippen LogP contribution in [0.4, 0.5) is 5.82 Å². The molecule has 1 aromatic carbocycles. The number of nitrogens with two attached hydrogens (primary N) is 2. The van der Waals surface area contributed by atoms with E-state index in [4.69, 9.17) is 16.2 Å². The largest absolute Gasteiger partial charge is 0.497 e. The van der Waals surface area contributed by atoms with Crippen molar-refractivity contribution in [3.63, 3.8) is 0 Å². The van der Waals surface area contributed by atoms with Gasteiger partial charge in [-0.05, 0) is 30.7 Å². The Kier molecular flexibility index (Phi) is 7.51. The molecule has 0 unspecified atom stereocenters. The van der Waals surface area contributed by atoms with Crippen LogP contribution in [-0.4, -0.2) is 22.8 Å². The minimum absolute atomic E-state index is 0.186. The lowest BCUT2D eigenvalue weighted by atomic mass is 10.1. The number of ether oxygens (including phenoxy) is 1. The summed E-state index contributed by atoms with van der Waals surface area (Å²) in [6.45, 7) is 2.94. The average molecular weight is 358 g/mol. The summed E-state index contributed by atoms with van der Waals surface area (Å²) in [5, 5.41) is 4.36. The Bertz CT molecular complexity index is 707. The van der Waals surface area contributed by atoms with Crippen LogP contribution in [0, 0.1) is 0 Å². The second-order valence-electron chi connectivity index (χ2n) is 6.55. The van der Waals surface area contributed by atoms with Crippen molar-refractivity contribution in [2.45, 2.75) is 58.4 Å². The van der Waals surface area contributed by atoms with Gasteiger partial charge in [0.1, 0.15) is 11.3 Å². The maximum Gasteiger partial charge on any atom is 0.254 e. The fourth-order valence-electron chi connectivity index (χ4n) is 3.15. The van der Waals surface area contributed by atoms with Gasteiger partial charge in [0.15, 0.2) is 5.82 Å². The van der Waals surface area contributed by atoms with Gasteiger partial charge in [0, 0.05) is 12.1 Å². The zero-order valence-electron chi connectivity index (χ0n) is 15.8. The number of primary amides is 1. The number of aromatic nitrogens is 2. The third-order valence-corrected chi connectivity index (χ3v) is 4.56. The highest BCUT2D eigenvalue weighted by atomic mass is 16.5. The van der Waals surface area contributed by atoms with E-state index < -0.39 is 5.91 Å². The molecule has 0 atom stereocenters. The van der Waals surface area contributed by atoms with Crippen LogP contribution in [0.3, 0.4) is 0 Å². The van der Waals surface area contributed by atoms with Gasteiger partial charge in [0.25, 0.3) is 5.91 Å². The van der Waals surface area contributed by atoms with E-state index in [1.807, 2.05) is 28.9 Å². The highest BCUT2D eigenvalue weighted by Gasteiger charge is 2.21. The fraction of sp³-hybridized carbons (Fsp3) is 0.500. The molecular formula is C20H30N4O2. The monoisotopic (exact) mass is 358 g/mol. The molecule has 0 saturated heterocycles. The van der Waals surface area contributed by atoms with E-state index >= 15 is 0 Å². The molecule has 4 N–H and O–H groups in total. The maximum absolute atomic E-state index is 11.9. The highest BCUT2D eigenvalue weighted by Crippen LogP contribution is 2.29. The molecule has 0 radical (unpaired) electrons. The topological polar surface area (TPSA) is 96.2 Å². The van der Waals surface area contributed by atoms with Crippen molar-refractivity contribution in [1.82, 2.24) is 9.78 Å². The van der Waals surface area contributed by atoms with E-state index in [1.54, 1.807) is 7.11 Å². The molecule has 2 aromatic rings. The predicted molar refractivity (Wildman–Crippen MR) is 105 cm³/mol. The number of hydrogen-bond acceptors (Lipinski definition) is 4. The summed E-state index contributed by atoms with van der Waals surface area (Å²) in [7, 11) is 1.62. The van der Waals surface area contributed by atoms with Crippen LogP contribution < -0.4 is 16.2 Å². The quantitative estimate of drug-likeness (QED) is 0.594. The average Bonchev–Trinajstić information content (AvgIpc) is 2.97. The minimum atomic E-state index is -0.556. The van der Waals surface area contributed by atoms with E-state index in [2.05, 4.69) is 12.0 Å². The molecule has 1 amide bonds. The Morgan fingerprint density at radius 2 is 1.69 bits per heavy atom. The van der Waals surface area contributed by atoms with Crippen LogP contribution in [0.5, 0.6) is 5.75 Å². The van der Waals surface area contributed by atoms with Gasteiger partial charge in [-0.2, -0.15) is 5.10 Å². The SMILES string of the molecule is CCCCCCCCCn1nc(N)c(C(N)=O)c1-c1ccc(OC)cc1. The summed E-state index contributed by atoms with van der Waals surface area (Å²) in [5.74, 6) is 0.380. The number of hydrogen-bond donors (Lipinski definition) is 2. The molecular weight excluding hydrogens is 328 g/mol. The zero-order chi connectivity index (χ0) is 18.9. The molecule has 1 heterocycles. The van der Waals surface area contributed by atoms with Gasteiger partial charge in [0.05, 0.1) is 12.8 Å². The molecule has 6 nitrogen and oxygen atoms in total. The van der Waals surface area contributed by atoms with Gasteiger partial charge in [-0.25, -0.2) is 0 Å². The summed E-state index contributed by atoms with van der Waals surface area (Å²) in [5.41, 5.74) is 13.3. The summed E-state index contributed by atoms with van der Waals surface area (Å²) < 4.78 is 7.01. The first-order valence-corrected chi connectivity index (χ1v) is 9.39. The van der Waals surface area contributed by atoms with E-state index in [9.17, 15) is 4.79 Å². The van der Waals surface area contributed by atoms with Crippen molar-refractivity contribution >= 4 is 11.7 Å². The second-order valence-corrected chi connectivity index (χ2v) is 6.55. The summed E-state index contributed by atoms with van der Waals surface area (Å²) >= 11 is 0. The van der Waals surface area contributed by atoms with E-state index in [-0.39, 0.29) is 11.4 Å². The Balaban J connectivity index is 2.13. The van der Waals surface area contributed by atoms with E-state index in [0.29, 0.717) is 12.2 Å². The number of nitrogens with zero attached hydrogens (tertiary/aromatic N) is 2. The van der Waals surface area contributed by atoms with Gasteiger partial charge < -0.3 is 16.2 Å². The van der Waals surface area contributed by atoms with Crippen molar-refractivity contribution < 1.29 is 9.53 Å². The number of nitrogen functional groups attached to an aromatic ring is 1. The van der Waals surface area contributed by atoms with Crippen molar-refractivity contribution in [3.05, 3.63) is 29.8 Å². The second kappa shape index (κ2) is 9.85. The van der Waals surface area contributed by atoms with Gasteiger partial charge in [-0.3, -0.25) is 9.48 Å². The summed E-state index contributed by atoms with van der Waals surface area (Å²) in [6, 6.07) is 7.48. The number of carbonyl (C=O) groups excluding carboxylic acids is 1. The van der Waals surface area contributed by atoms with Crippen LogP contribution in [-0.2, 0) is 6.54 Å². The Morgan fingerprint density at radius 1 is 1.08 bits per heavy atom. The number of anilines is 1. The van der Waals surface area contributed by atoms with Crippen LogP contribution in [0.1, 0.15) is 62.2 Å². The minimum Gasteiger partial charge on any atom is -0.497 e. The molecule has 0 aliphatic heterocycles. The van der Waals surface area contributed by atoms with Gasteiger partial charge in [-0.1, -0.05) is 45.4 Å². The molecule has 0 saturated carbocycles. The molecule has 0 aliphatic carbocycles. The third kappa shape index (κ3) is 5.00. The molecule has 0 bridgehead atoms. The first-order chi connectivity index (χ1) is 12.6. The normalized spacial score (nSPS) is 10.8. The lowest BCUT2D eigenvalue weighted by molar-refractivity contribution is 0.100. The predicted octanol–water partition coefficient (Wildman–Crippen LogP) is 3.99. The Morgan fingerprint density at radius 3 is 2.27 bits per heavy atom. The number of carbonyl (C=O) groups is 1. The molecule has 26 heavy (non-hydrogen) atoms. The fourth-order valence-corrected chi connectivity index (χ4v) is 3.15. The van der Waals surface area contributed by atoms with E-state index in [1.165, 1.54) is 32.1 Å². The Hall–Kier alpha value is -2.50. The molecule has 6 heteroatoms. The lowest BCUT2D eigenvalue weighted by Crippen LogP contribution is -2.14. The van der Waals surface area contributed by atoms with Gasteiger partial charge in [0.2, 0.25) is 0 Å². The van der Waals surface area contributed by atoms with Crippen LogP contribution in [0.15, 0.2) is 24.3 Å². The third-order valence-electron chi connectivity index (χ3n) is 4.56. The highest BCUT2D eigenvalue weighted by molar-refractivity contribution is 6.03. The molecule has 0 spiro atoms. The standard InChI is InChI=1S/C20H30N4O2/c1-3-4-5-6-7-8-9-14-24-18(17(20(22)25)19(21)23-24)15-10-12-16(26-2)13-11-15/h10-13H,3-9,14H2,1-2H3,(H2,21,23)(H2,22,25). The number of rotatable bonds is 11. The van der Waals surface area contributed by atoms with Crippen molar-refractivity contribution in [2.75, 3.05) is 12.8 Å². The van der Waals surface area contributed by atoms with Gasteiger partial charge in [-0.15, -0.1) is 0 Å². The summed E-state index contributed by atoms with van der Waals surface area (Å²) in [6.07, 6.45) is 8.48. The number of benzene rings is 1. The first kappa shape index (κ1) is 19.8. The first-order valence-electron chi connectivity index (χ1n) is 9.39. The van der Waals surface area contributed by atoms with Crippen molar-refractivity contribution in [3.8, 4) is 17.0 Å². The number of amides is 1. The lowest BCUT2D eigenvalue weighted by Gasteiger charge is -2.10. The Labute approximate surface area is 155 Å². The van der Waals surface area contributed by atoms with Crippen LogP contribution >= 0.6 is 0 Å². The molecule has 2 rings (SSSR count). The van der Waals surface area contributed by atoms with Crippen LogP contribution in [0.25, 0.3) is 11.3 Å². The van der Waals surface area contributed by atoms with Crippen LogP contribution in [0.2, 0.25) is 0 Å². The number of methoxy groups -OCH3 is 1. The molecule has 1 aromatic heterocycles. The zero-order valence-corrected chi connectivity index (χ0v) is 15.8. The van der Waals surface area contributed by atoms with Gasteiger partial charge >= 0.3 is 0 Å². The van der Waals surface area contributed by atoms with Crippen molar-refractivity contribution in [2.24, 2.45) is 5.73 Å². The molecule has 0 fully saturated rings. The smallest absolute Gasteiger partial charge is 0.254 e. The maximum atomic E-state index is 11.9. The molecule has 142 valence electrons. The molecule has 0 aliphatic rings. The van der Waals surface area contributed by atoms with E-state index in [0.717, 1.165) is 24.2 Å². The van der Waals surface area contributed by atoms with Crippen molar-refractivity contribution in [1.29, 1.82) is 0 Å².